The fourth-order valence-corrected chi connectivity index (χ4v) is 1.77. The number of carbonyl (C=O) groups is 1. The molecule has 4 heteroatoms. The summed E-state index contributed by atoms with van der Waals surface area (Å²) in [5.74, 6) is -0.275. The Hall–Kier alpha value is -0.926. The zero-order valence-electron chi connectivity index (χ0n) is 9.74. The maximum atomic E-state index is 11.5. The van der Waals surface area contributed by atoms with E-state index in [1.54, 1.807) is 31.3 Å². The summed E-state index contributed by atoms with van der Waals surface area (Å²) in [4.78, 5) is 11.5. The Morgan fingerprint density at radius 1 is 1.47 bits per heavy atom. The molecule has 0 heterocycles. The minimum atomic E-state index is -0.286. The van der Waals surface area contributed by atoms with Gasteiger partial charge >= 0.3 is 32.7 Å². The molecule has 2 rings (SSSR count). The second-order valence-corrected chi connectivity index (χ2v) is 3.63. The van der Waals surface area contributed by atoms with Crippen molar-refractivity contribution in [1.29, 1.82) is 0 Å². The molecule has 82 valence electrons. The van der Waals surface area contributed by atoms with Gasteiger partial charge < -0.3 is 10.4 Å². The number of nitrogens with one attached hydrogen (secondary N) is 1. The first-order chi connectivity index (χ1) is 7.65. The van der Waals surface area contributed by atoms with E-state index in [2.05, 4.69) is 11.4 Å². The number of rotatable bonds is 1. The van der Waals surface area contributed by atoms with Gasteiger partial charge in [0.25, 0.3) is 5.91 Å². The largest absolute Gasteiger partial charge is 3.00 e. The maximum Gasteiger partial charge on any atom is 3.00 e. The van der Waals surface area contributed by atoms with Gasteiger partial charge in [0.15, 0.2) is 0 Å². The monoisotopic (exact) mass is 303 g/mol. The third-order valence-corrected chi connectivity index (χ3v) is 2.59. The average Bonchev–Trinajstić information content (AvgIpc) is 2.33. The van der Waals surface area contributed by atoms with Gasteiger partial charge in [-0.3, -0.25) is 4.79 Å². The van der Waals surface area contributed by atoms with Gasteiger partial charge in [0.1, 0.15) is 0 Å². The van der Waals surface area contributed by atoms with Crippen LogP contribution in [0.1, 0.15) is 15.9 Å². The van der Waals surface area contributed by atoms with E-state index in [0.29, 0.717) is 10.9 Å². The molecular weight excluding hydrogens is 291 g/mol. The van der Waals surface area contributed by atoms with Crippen LogP contribution in [0.25, 0.3) is 10.8 Å². The van der Waals surface area contributed by atoms with Crippen molar-refractivity contribution in [2.24, 2.45) is 0 Å². The summed E-state index contributed by atoms with van der Waals surface area (Å²) in [6.07, 6.45) is 0. The molecule has 0 unspecified atom stereocenters. The number of fused-ring (bicyclic) bond motifs is 1. The third-order valence-electron chi connectivity index (χ3n) is 2.59. The topological polar surface area (TPSA) is 49.3 Å². The number of phenolic OH excluding ortho intramolecular Hbond substituents is 1. The Kier molecular flexibility index (Phi) is 4.66. The van der Waals surface area contributed by atoms with E-state index in [0.717, 1.165) is 10.9 Å². The van der Waals surface area contributed by atoms with Crippen LogP contribution >= 0.6 is 0 Å². The number of carbonyl (C=O) groups excluding carboxylic acids is 1. The standard InChI is InChI=1S/C13H12NO2.Y/c1-8-7-11(13(16)14-2)12(15)10-6-4-3-5-9(8)10;/h3-4,6-7,15H,1-2H3,(H,14,16);/q-1;+3. The molecule has 0 radical (unpaired) electrons. The average molecular weight is 303 g/mol. The van der Waals surface area contributed by atoms with Crippen LogP contribution in [-0.4, -0.2) is 18.1 Å². The number of hydrogen-bond donors (Lipinski definition) is 2. The Morgan fingerprint density at radius 3 is 2.82 bits per heavy atom. The fourth-order valence-electron chi connectivity index (χ4n) is 1.77. The summed E-state index contributed by atoms with van der Waals surface area (Å²) in [5.41, 5.74) is 1.22. The first-order valence-electron chi connectivity index (χ1n) is 5.00. The zero-order chi connectivity index (χ0) is 11.7. The number of amides is 1. The van der Waals surface area contributed by atoms with Crippen LogP contribution in [0.4, 0.5) is 0 Å². The minimum absolute atomic E-state index is 0. The predicted octanol–water partition coefficient (Wildman–Crippen LogP) is 2.01. The van der Waals surface area contributed by atoms with Crippen LogP contribution in [0, 0.1) is 13.0 Å². The zero-order valence-corrected chi connectivity index (χ0v) is 12.6. The quantitative estimate of drug-likeness (QED) is 0.792. The van der Waals surface area contributed by atoms with Gasteiger partial charge in [0, 0.05) is 7.05 Å². The van der Waals surface area contributed by atoms with Crippen molar-refractivity contribution in [2.45, 2.75) is 6.92 Å². The van der Waals surface area contributed by atoms with Crippen LogP contribution in [0.3, 0.4) is 0 Å². The van der Waals surface area contributed by atoms with Crippen molar-refractivity contribution in [1.82, 2.24) is 5.32 Å². The number of aromatic hydroxyl groups is 1. The van der Waals surface area contributed by atoms with Crippen molar-refractivity contribution in [3.8, 4) is 5.75 Å². The van der Waals surface area contributed by atoms with E-state index in [4.69, 9.17) is 0 Å². The van der Waals surface area contributed by atoms with Gasteiger partial charge in [0.2, 0.25) is 0 Å². The molecule has 2 aromatic rings. The van der Waals surface area contributed by atoms with E-state index < -0.39 is 0 Å². The first-order valence-corrected chi connectivity index (χ1v) is 5.00. The van der Waals surface area contributed by atoms with E-state index in [1.165, 1.54) is 0 Å². The Labute approximate surface area is 125 Å². The maximum absolute atomic E-state index is 11.5. The summed E-state index contributed by atoms with van der Waals surface area (Å²) in [5, 5.41) is 14.0. The van der Waals surface area contributed by atoms with E-state index in [9.17, 15) is 9.90 Å². The molecule has 0 fully saturated rings. The molecule has 1 amide bonds. The van der Waals surface area contributed by atoms with Crippen molar-refractivity contribution >= 4 is 16.7 Å². The van der Waals surface area contributed by atoms with E-state index in [1.807, 2.05) is 6.92 Å². The van der Waals surface area contributed by atoms with Crippen molar-refractivity contribution in [3.05, 3.63) is 41.5 Å². The summed E-state index contributed by atoms with van der Waals surface area (Å²) in [7, 11) is 1.54. The van der Waals surface area contributed by atoms with Gasteiger partial charge in [-0.2, -0.15) is 0 Å². The van der Waals surface area contributed by atoms with Crippen molar-refractivity contribution < 1.29 is 42.6 Å². The summed E-state index contributed by atoms with van der Waals surface area (Å²) in [6, 6.07) is 10.1. The molecule has 17 heavy (non-hydrogen) atoms. The van der Waals surface area contributed by atoms with Crippen LogP contribution in [-0.2, 0) is 32.7 Å². The van der Waals surface area contributed by atoms with E-state index in [-0.39, 0.29) is 44.4 Å². The number of phenols is 1. The van der Waals surface area contributed by atoms with Crippen LogP contribution < -0.4 is 5.32 Å². The molecule has 0 atom stereocenters. The molecule has 0 aliphatic heterocycles. The van der Waals surface area contributed by atoms with Crippen LogP contribution in [0.2, 0.25) is 0 Å². The Balaban J connectivity index is 0.00000144. The Morgan fingerprint density at radius 2 is 2.18 bits per heavy atom. The Bertz CT molecular complexity index is 567. The second-order valence-electron chi connectivity index (χ2n) is 3.63. The molecule has 3 nitrogen and oxygen atoms in total. The summed E-state index contributed by atoms with van der Waals surface area (Å²) >= 11 is 0. The third kappa shape index (κ3) is 2.50. The summed E-state index contributed by atoms with van der Waals surface area (Å²) < 4.78 is 0. The smallest absolute Gasteiger partial charge is 0.516 e. The normalized spacial score (nSPS) is 9.76. The van der Waals surface area contributed by atoms with Crippen LogP contribution in [0.15, 0.2) is 24.3 Å². The number of benzene rings is 2. The molecule has 2 N–H and O–H groups in total. The van der Waals surface area contributed by atoms with Gasteiger partial charge in [0.05, 0.1) is 11.3 Å². The second kappa shape index (κ2) is 5.61. The van der Waals surface area contributed by atoms with Crippen LogP contribution in [0.5, 0.6) is 5.75 Å². The van der Waals surface area contributed by atoms with Gasteiger partial charge in [-0.05, 0) is 0 Å². The summed E-state index contributed by atoms with van der Waals surface area (Å²) in [6.45, 7) is 1.89. The molecular formula is C13H12NO2Y+2. The molecule has 0 saturated heterocycles. The molecule has 0 aliphatic rings. The number of hydrogen-bond acceptors (Lipinski definition) is 2. The molecule has 0 saturated carbocycles. The SMILES string of the molecule is CNC(=O)c1cc(C)c2[c-]cccc2c1O.[Y+3]. The minimum Gasteiger partial charge on any atom is -0.516 e. The van der Waals surface area contributed by atoms with Gasteiger partial charge in [-0.1, -0.05) is 18.4 Å². The molecule has 2 aromatic carbocycles. The van der Waals surface area contributed by atoms with Crippen molar-refractivity contribution in [3.63, 3.8) is 0 Å². The molecule has 0 aliphatic carbocycles. The molecule has 0 bridgehead atoms. The predicted molar refractivity (Wildman–Crippen MR) is 62.6 cm³/mol. The molecule has 0 aromatic heterocycles. The number of aryl methyl sites for hydroxylation is 1. The first kappa shape index (κ1) is 14.1. The van der Waals surface area contributed by atoms with Crippen molar-refractivity contribution in [2.75, 3.05) is 7.05 Å². The fraction of sp³-hybridized carbons (Fsp3) is 0.154. The molecule has 0 spiro atoms. The van der Waals surface area contributed by atoms with Gasteiger partial charge in [-0.25, -0.2) is 0 Å². The van der Waals surface area contributed by atoms with E-state index >= 15 is 0 Å². The van der Waals surface area contributed by atoms with Gasteiger partial charge in [-0.15, -0.1) is 35.2 Å².